The number of ether oxygens (including phenoxy) is 2. The lowest BCUT2D eigenvalue weighted by Gasteiger charge is -2.29. The highest BCUT2D eigenvalue weighted by Gasteiger charge is 2.33. The van der Waals surface area contributed by atoms with Crippen LogP contribution in [0.3, 0.4) is 0 Å². The Morgan fingerprint density at radius 1 is 1.10 bits per heavy atom. The highest BCUT2D eigenvalue weighted by Crippen LogP contribution is 2.30. The molecule has 0 aliphatic heterocycles. The predicted octanol–water partition coefficient (Wildman–Crippen LogP) is 2.26. The van der Waals surface area contributed by atoms with Crippen molar-refractivity contribution in [2.75, 3.05) is 7.11 Å². The van der Waals surface area contributed by atoms with Crippen molar-refractivity contribution in [3.05, 3.63) is 29.8 Å². The number of aromatic hydroxyl groups is 1. The van der Waals surface area contributed by atoms with Crippen LogP contribution in [0.25, 0.3) is 0 Å². The number of aliphatic hydroxyl groups is 2. The van der Waals surface area contributed by atoms with Crippen LogP contribution in [0.1, 0.15) is 51.7 Å². The standard InChI is InChI=1S/C21H32O8/c1-12(8-9-18(28-4)15-6-5-7-16(23)10-15)20(13(2)21(26)27)29-19(25)11-17(24)14(3)22/h5-7,10,12-14,17-18,20,22-24H,8-9,11H2,1-4H3,(H,26,27)/t12-,13+,14+,17+,18+,20+/m0/s1. The first-order valence-corrected chi connectivity index (χ1v) is 9.66. The molecule has 0 heterocycles. The maximum atomic E-state index is 12.1. The zero-order chi connectivity index (χ0) is 22.1. The molecule has 0 aliphatic carbocycles. The van der Waals surface area contributed by atoms with E-state index in [1.165, 1.54) is 13.8 Å². The molecular weight excluding hydrogens is 380 g/mol. The number of benzene rings is 1. The molecular formula is C21H32O8. The number of hydrogen-bond acceptors (Lipinski definition) is 7. The van der Waals surface area contributed by atoms with Crippen molar-refractivity contribution in [3.8, 4) is 5.75 Å². The van der Waals surface area contributed by atoms with Gasteiger partial charge in [0.15, 0.2) is 0 Å². The van der Waals surface area contributed by atoms with Crippen molar-refractivity contribution < 1.29 is 39.5 Å². The van der Waals surface area contributed by atoms with E-state index in [2.05, 4.69) is 0 Å². The van der Waals surface area contributed by atoms with Crippen LogP contribution in [0.15, 0.2) is 24.3 Å². The number of aliphatic hydroxyl groups excluding tert-OH is 2. The zero-order valence-electron chi connectivity index (χ0n) is 17.3. The van der Waals surface area contributed by atoms with Crippen molar-refractivity contribution in [3.63, 3.8) is 0 Å². The van der Waals surface area contributed by atoms with Crippen LogP contribution in [-0.2, 0) is 19.1 Å². The van der Waals surface area contributed by atoms with Crippen LogP contribution in [0, 0.1) is 11.8 Å². The Balaban J connectivity index is 2.81. The summed E-state index contributed by atoms with van der Waals surface area (Å²) in [6.45, 7) is 4.60. The van der Waals surface area contributed by atoms with Gasteiger partial charge in [-0.2, -0.15) is 0 Å². The summed E-state index contributed by atoms with van der Waals surface area (Å²) in [5.41, 5.74) is 0.791. The number of esters is 1. The maximum absolute atomic E-state index is 12.1. The summed E-state index contributed by atoms with van der Waals surface area (Å²) in [5.74, 6) is -2.98. The van der Waals surface area contributed by atoms with Crippen molar-refractivity contribution in [1.82, 2.24) is 0 Å². The highest BCUT2D eigenvalue weighted by molar-refractivity contribution is 5.73. The number of hydrogen-bond donors (Lipinski definition) is 4. The molecule has 1 aromatic rings. The van der Waals surface area contributed by atoms with Gasteiger partial charge >= 0.3 is 11.9 Å². The number of carbonyl (C=O) groups is 2. The molecule has 0 unspecified atom stereocenters. The van der Waals surface area contributed by atoms with Gasteiger partial charge in [0.2, 0.25) is 0 Å². The van der Waals surface area contributed by atoms with E-state index in [4.69, 9.17) is 9.47 Å². The Bertz CT molecular complexity index is 660. The van der Waals surface area contributed by atoms with Gasteiger partial charge in [-0.25, -0.2) is 0 Å². The van der Waals surface area contributed by atoms with E-state index < -0.39 is 42.6 Å². The summed E-state index contributed by atoms with van der Waals surface area (Å²) in [7, 11) is 1.55. The predicted molar refractivity (Wildman–Crippen MR) is 105 cm³/mol. The van der Waals surface area contributed by atoms with Gasteiger partial charge in [-0.15, -0.1) is 0 Å². The van der Waals surface area contributed by atoms with Gasteiger partial charge in [0.25, 0.3) is 0 Å². The van der Waals surface area contributed by atoms with Crippen molar-refractivity contribution in [2.24, 2.45) is 11.8 Å². The molecule has 0 saturated heterocycles. The number of rotatable bonds is 12. The Hall–Kier alpha value is -2.16. The molecule has 0 amide bonds. The van der Waals surface area contributed by atoms with Crippen molar-refractivity contribution in [2.45, 2.75) is 64.4 Å². The number of carboxylic acid groups (broad SMARTS) is 1. The Kier molecular flexibility index (Phi) is 10.1. The number of aliphatic carboxylic acids is 1. The van der Waals surface area contributed by atoms with Gasteiger partial charge in [0.1, 0.15) is 11.9 Å². The molecule has 164 valence electrons. The van der Waals surface area contributed by atoms with Gasteiger partial charge in [-0.05, 0) is 50.3 Å². The molecule has 1 rings (SSSR count). The average molecular weight is 412 g/mol. The fraction of sp³-hybridized carbons (Fsp3) is 0.619. The summed E-state index contributed by atoms with van der Waals surface area (Å²) in [6.07, 6.45) is -2.97. The first-order chi connectivity index (χ1) is 13.6. The average Bonchev–Trinajstić information content (AvgIpc) is 2.65. The maximum Gasteiger partial charge on any atom is 0.309 e. The van der Waals surface area contributed by atoms with Crippen LogP contribution in [0.2, 0.25) is 0 Å². The first kappa shape index (κ1) is 24.9. The third-order valence-corrected chi connectivity index (χ3v) is 5.05. The summed E-state index contributed by atoms with van der Waals surface area (Å²) >= 11 is 0. The molecule has 0 aliphatic rings. The van der Waals surface area contributed by atoms with E-state index in [1.807, 2.05) is 6.07 Å². The van der Waals surface area contributed by atoms with Crippen LogP contribution in [0.4, 0.5) is 0 Å². The van der Waals surface area contributed by atoms with Gasteiger partial charge in [0.05, 0.1) is 30.7 Å². The molecule has 6 atom stereocenters. The Labute approximate surface area is 171 Å². The minimum absolute atomic E-state index is 0.126. The minimum Gasteiger partial charge on any atom is -0.508 e. The van der Waals surface area contributed by atoms with E-state index in [9.17, 15) is 30.0 Å². The molecule has 29 heavy (non-hydrogen) atoms. The van der Waals surface area contributed by atoms with Gasteiger partial charge < -0.3 is 29.9 Å². The van der Waals surface area contributed by atoms with E-state index in [1.54, 1.807) is 32.2 Å². The molecule has 0 aromatic heterocycles. The fourth-order valence-electron chi connectivity index (χ4n) is 3.12. The number of phenolic OH excluding ortho intramolecular Hbond substituents is 1. The van der Waals surface area contributed by atoms with E-state index in [-0.39, 0.29) is 17.8 Å². The van der Waals surface area contributed by atoms with Crippen LogP contribution in [0.5, 0.6) is 5.75 Å². The normalized spacial score (nSPS) is 17.6. The number of phenols is 1. The molecule has 8 nitrogen and oxygen atoms in total. The third-order valence-electron chi connectivity index (χ3n) is 5.05. The third kappa shape index (κ3) is 8.00. The van der Waals surface area contributed by atoms with Gasteiger partial charge in [-0.1, -0.05) is 19.1 Å². The summed E-state index contributed by atoms with van der Waals surface area (Å²) in [6, 6.07) is 6.70. The molecule has 4 N–H and O–H groups in total. The Morgan fingerprint density at radius 2 is 1.76 bits per heavy atom. The lowest BCUT2D eigenvalue weighted by Crippen LogP contribution is -2.37. The van der Waals surface area contributed by atoms with Gasteiger partial charge in [0, 0.05) is 7.11 Å². The Morgan fingerprint density at radius 3 is 2.28 bits per heavy atom. The van der Waals surface area contributed by atoms with E-state index >= 15 is 0 Å². The number of carboxylic acids is 1. The zero-order valence-corrected chi connectivity index (χ0v) is 17.3. The first-order valence-electron chi connectivity index (χ1n) is 9.66. The van der Waals surface area contributed by atoms with E-state index in [0.29, 0.717) is 12.8 Å². The summed E-state index contributed by atoms with van der Waals surface area (Å²) in [4.78, 5) is 23.6. The van der Waals surface area contributed by atoms with Gasteiger partial charge in [-0.3, -0.25) is 9.59 Å². The van der Waals surface area contributed by atoms with Crippen molar-refractivity contribution >= 4 is 11.9 Å². The smallest absolute Gasteiger partial charge is 0.309 e. The number of methoxy groups -OCH3 is 1. The molecule has 1 aromatic carbocycles. The summed E-state index contributed by atoms with van der Waals surface area (Å²) in [5, 5.41) is 38.0. The molecule has 0 spiro atoms. The molecule has 0 bridgehead atoms. The monoisotopic (exact) mass is 412 g/mol. The van der Waals surface area contributed by atoms with E-state index in [0.717, 1.165) is 5.56 Å². The molecule has 8 heteroatoms. The van der Waals surface area contributed by atoms with Crippen LogP contribution in [-0.4, -0.2) is 57.8 Å². The quantitative estimate of drug-likeness (QED) is 0.384. The summed E-state index contributed by atoms with van der Waals surface area (Å²) < 4.78 is 10.9. The van der Waals surface area contributed by atoms with Crippen molar-refractivity contribution in [1.29, 1.82) is 0 Å². The lowest BCUT2D eigenvalue weighted by atomic mass is 9.88. The largest absolute Gasteiger partial charge is 0.508 e. The second kappa shape index (κ2) is 11.7. The number of carbonyl (C=O) groups excluding carboxylic acids is 1. The SMILES string of the molecule is CO[C@H](CC[C@H](C)[C@@H](OC(=O)C[C@@H](O)[C@@H](C)O)[C@@H](C)C(=O)O)c1cccc(O)c1. The minimum atomic E-state index is -1.28. The lowest BCUT2D eigenvalue weighted by molar-refractivity contribution is -0.164. The molecule has 0 fully saturated rings. The molecule has 0 saturated carbocycles. The van der Waals surface area contributed by atoms with Crippen LogP contribution < -0.4 is 0 Å². The molecule has 0 radical (unpaired) electrons. The fourth-order valence-corrected chi connectivity index (χ4v) is 3.12. The second-order valence-corrected chi connectivity index (χ2v) is 7.47. The highest BCUT2D eigenvalue weighted by atomic mass is 16.5. The van der Waals surface area contributed by atoms with Crippen LogP contribution >= 0.6 is 0 Å². The topological polar surface area (TPSA) is 134 Å². The second-order valence-electron chi connectivity index (χ2n) is 7.47.